The molecule has 0 aliphatic rings. The van der Waals surface area contributed by atoms with Crippen LogP contribution in [0.3, 0.4) is 0 Å². The molecule has 220 valence electrons. The van der Waals surface area contributed by atoms with E-state index in [9.17, 15) is 22.8 Å². The number of ether oxygens (including phenoxy) is 1. The lowest BCUT2D eigenvalue weighted by Crippen LogP contribution is -2.36. The fourth-order valence-electron chi connectivity index (χ4n) is 4.46. The predicted molar refractivity (Wildman–Crippen MR) is 158 cm³/mol. The highest BCUT2D eigenvalue weighted by Gasteiger charge is 2.30. The summed E-state index contributed by atoms with van der Waals surface area (Å²) in [6.45, 7) is 0.545. The van der Waals surface area contributed by atoms with Gasteiger partial charge in [0, 0.05) is 17.5 Å². The van der Waals surface area contributed by atoms with Crippen molar-refractivity contribution in [3.63, 3.8) is 0 Å². The summed E-state index contributed by atoms with van der Waals surface area (Å²) in [5, 5.41) is 3.55. The van der Waals surface area contributed by atoms with Crippen LogP contribution in [0, 0.1) is 0 Å². The number of fused-ring (bicyclic) bond motifs is 1. The maximum Gasteiger partial charge on any atom is 0.416 e. The van der Waals surface area contributed by atoms with Gasteiger partial charge >= 0.3 is 6.18 Å². The second-order valence-electron chi connectivity index (χ2n) is 9.80. The fraction of sp³-hybridized carbons (Fsp3) is 0.152. The van der Waals surface area contributed by atoms with Gasteiger partial charge in [0.2, 0.25) is 0 Å². The Morgan fingerprint density at radius 1 is 0.860 bits per heavy atom. The molecule has 0 atom stereocenters. The summed E-state index contributed by atoms with van der Waals surface area (Å²) < 4.78 is 50.5. The van der Waals surface area contributed by atoms with Crippen molar-refractivity contribution >= 4 is 34.2 Å². The quantitative estimate of drug-likeness (QED) is 0.171. The van der Waals surface area contributed by atoms with E-state index in [0.29, 0.717) is 40.3 Å². The van der Waals surface area contributed by atoms with Gasteiger partial charge in [0.05, 0.1) is 23.5 Å². The van der Waals surface area contributed by atoms with Crippen LogP contribution < -0.4 is 15.8 Å². The molecule has 0 saturated carbocycles. The molecule has 0 fully saturated rings. The molecule has 43 heavy (non-hydrogen) atoms. The second kappa shape index (κ2) is 12.7. The summed E-state index contributed by atoms with van der Waals surface area (Å²) in [5.41, 5.74) is 7.77. The number of halogens is 3. The number of carbonyl (C=O) groups is 2. The van der Waals surface area contributed by atoms with Gasteiger partial charge in [0.15, 0.2) is 5.76 Å². The van der Waals surface area contributed by atoms with Crippen LogP contribution in [-0.2, 0) is 12.6 Å². The number of alkyl halides is 3. The van der Waals surface area contributed by atoms with Gasteiger partial charge in [-0.2, -0.15) is 13.2 Å². The van der Waals surface area contributed by atoms with Gasteiger partial charge in [0.25, 0.3) is 11.8 Å². The van der Waals surface area contributed by atoms with Crippen molar-refractivity contribution in [3.8, 4) is 5.75 Å². The molecule has 5 aromatic rings. The third-order valence-electron chi connectivity index (χ3n) is 6.83. The molecule has 0 aliphatic carbocycles. The molecular formula is C33H28F3N3O4. The van der Waals surface area contributed by atoms with Crippen LogP contribution in [0.4, 0.5) is 24.5 Å². The van der Waals surface area contributed by atoms with E-state index in [1.807, 2.05) is 18.2 Å². The highest BCUT2D eigenvalue weighted by Crippen LogP contribution is 2.29. The largest absolute Gasteiger partial charge is 0.492 e. The summed E-state index contributed by atoms with van der Waals surface area (Å²) in [6.07, 6.45) is -4.09. The van der Waals surface area contributed by atoms with Crippen molar-refractivity contribution < 1.29 is 31.9 Å². The molecule has 0 radical (unpaired) electrons. The van der Waals surface area contributed by atoms with Crippen LogP contribution in [-0.4, -0.2) is 36.4 Å². The molecule has 0 saturated heterocycles. The van der Waals surface area contributed by atoms with E-state index in [0.717, 1.165) is 17.5 Å². The van der Waals surface area contributed by atoms with Crippen LogP contribution in [0.2, 0.25) is 0 Å². The number of hydrogen-bond acceptors (Lipinski definition) is 5. The number of nitrogens with one attached hydrogen (secondary N) is 1. The molecule has 0 spiro atoms. The smallest absolute Gasteiger partial charge is 0.416 e. The van der Waals surface area contributed by atoms with Crippen LogP contribution >= 0.6 is 0 Å². The number of nitrogens with zero attached hydrogens (tertiary/aromatic N) is 1. The number of para-hydroxylation sites is 3. The Bertz CT molecular complexity index is 1680. The lowest BCUT2D eigenvalue weighted by Gasteiger charge is -2.22. The van der Waals surface area contributed by atoms with E-state index in [1.165, 1.54) is 12.1 Å². The van der Waals surface area contributed by atoms with Crippen LogP contribution in [0.1, 0.15) is 32.0 Å². The van der Waals surface area contributed by atoms with Crippen molar-refractivity contribution in [1.29, 1.82) is 0 Å². The summed E-state index contributed by atoms with van der Waals surface area (Å²) in [4.78, 5) is 27.6. The number of amides is 2. The Hall–Kier alpha value is -5.25. The zero-order chi connectivity index (χ0) is 30.4. The predicted octanol–water partition coefficient (Wildman–Crippen LogP) is 7.05. The first-order valence-corrected chi connectivity index (χ1v) is 13.5. The first-order chi connectivity index (χ1) is 20.7. The molecule has 2 amide bonds. The minimum Gasteiger partial charge on any atom is -0.492 e. The Kier molecular flexibility index (Phi) is 8.66. The number of rotatable bonds is 10. The molecule has 0 unspecified atom stereocenters. The van der Waals surface area contributed by atoms with E-state index in [-0.39, 0.29) is 37.3 Å². The summed E-state index contributed by atoms with van der Waals surface area (Å²) >= 11 is 0. The van der Waals surface area contributed by atoms with E-state index < -0.39 is 11.7 Å². The van der Waals surface area contributed by atoms with Crippen LogP contribution in [0.25, 0.3) is 11.0 Å². The summed E-state index contributed by atoms with van der Waals surface area (Å²) in [6, 6.07) is 27.3. The number of anilines is 2. The monoisotopic (exact) mass is 587 g/mol. The molecule has 1 heterocycles. The number of nitrogens with two attached hydrogens (primary N) is 1. The molecule has 5 rings (SSSR count). The zero-order valence-corrected chi connectivity index (χ0v) is 22.9. The van der Waals surface area contributed by atoms with Gasteiger partial charge in [-0.15, -0.1) is 0 Å². The van der Waals surface area contributed by atoms with Gasteiger partial charge < -0.3 is 25.1 Å². The van der Waals surface area contributed by atoms with Gasteiger partial charge in [0.1, 0.15) is 17.9 Å². The highest BCUT2D eigenvalue weighted by molar-refractivity contribution is 6.05. The normalized spacial score (nSPS) is 11.3. The number of carbonyl (C=O) groups excluding carboxylic acids is 2. The van der Waals surface area contributed by atoms with Crippen molar-refractivity contribution in [3.05, 3.63) is 126 Å². The minimum absolute atomic E-state index is 0.130. The molecule has 3 N–H and O–H groups in total. The first-order valence-electron chi connectivity index (χ1n) is 13.5. The first kappa shape index (κ1) is 29.2. The van der Waals surface area contributed by atoms with Crippen molar-refractivity contribution in [2.45, 2.75) is 12.6 Å². The Morgan fingerprint density at radius 3 is 2.26 bits per heavy atom. The van der Waals surface area contributed by atoms with Gasteiger partial charge in [-0.05, 0) is 72.6 Å². The maximum atomic E-state index is 13.4. The zero-order valence-electron chi connectivity index (χ0n) is 22.9. The summed E-state index contributed by atoms with van der Waals surface area (Å²) in [5.74, 6) is -0.0353. The number of hydrogen-bond donors (Lipinski definition) is 2. The lowest BCUT2D eigenvalue weighted by molar-refractivity contribution is -0.137. The molecular weight excluding hydrogens is 559 g/mol. The Morgan fingerprint density at radius 2 is 1.56 bits per heavy atom. The number of benzene rings is 4. The fourth-order valence-corrected chi connectivity index (χ4v) is 4.46. The Balaban J connectivity index is 1.23. The van der Waals surface area contributed by atoms with E-state index in [2.05, 4.69) is 5.32 Å². The van der Waals surface area contributed by atoms with E-state index >= 15 is 0 Å². The van der Waals surface area contributed by atoms with Gasteiger partial charge in [-0.1, -0.05) is 42.5 Å². The molecule has 1 aromatic heterocycles. The summed E-state index contributed by atoms with van der Waals surface area (Å²) in [7, 11) is 0. The lowest BCUT2D eigenvalue weighted by atomic mass is 10.1. The van der Waals surface area contributed by atoms with Crippen molar-refractivity contribution in [2.24, 2.45) is 0 Å². The molecule has 0 aliphatic heterocycles. The van der Waals surface area contributed by atoms with Gasteiger partial charge in [-0.3, -0.25) is 9.59 Å². The van der Waals surface area contributed by atoms with Crippen molar-refractivity contribution in [1.82, 2.24) is 4.90 Å². The average molecular weight is 588 g/mol. The van der Waals surface area contributed by atoms with Crippen LogP contribution in [0.15, 0.2) is 108 Å². The molecule has 4 aromatic carbocycles. The minimum atomic E-state index is -4.42. The van der Waals surface area contributed by atoms with E-state index in [1.54, 1.807) is 65.6 Å². The topological polar surface area (TPSA) is 97.8 Å². The third-order valence-corrected chi connectivity index (χ3v) is 6.83. The maximum absolute atomic E-state index is 13.4. The van der Waals surface area contributed by atoms with E-state index in [4.69, 9.17) is 14.9 Å². The highest BCUT2D eigenvalue weighted by atomic mass is 19.4. The van der Waals surface area contributed by atoms with Gasteiger partial charge in [-0.25, -0.2) is 0 Å². The molecule has 10 heteroatoms. The van der Waals surface area contributed by atoms with Crippen molar-refractivity contribution in [2.75, 3.05) is 30.7 Å². The number of nitrogen functional groups attached to an aromatic ring is 1. The number of furan rings is 1. The third kappa shape index (κ3) is 7.34. The molecule has 0 bridgehead atoms. The average Bonchev–Trinajstić information content (AvgIpc) is 3.44. The standard InChI is InChI=1S/C33H28F3N3O4/c34-33(35,36)25-13-9-22(10-14-25)17-18-39(32(41)30-21-24-5-1-4-8-29(24)43-30)19-20-42-26-15-11-23(12-16-26)31(40)38-28-7-3-2-6-27(28)37/h1-16,21H,17-20,37H2,(H,38,40). The SMILES string of the molecule is Nc1ccccc1NC(=O)c1ccc(OCCN(CCc2ccc(C(F)(F)F)cc2)C(=O)c2cc3ccccc3o2)cc1. The van der Waals surface area contributed by atoms with Crippen LogP contribution in [0.5, 0.6) is 5.75 Å². The second-order valence-corrected chi connectivity index (χ2v) is 9.80. The molecule has 7 nitrogen and oxygen atoms in total. The Labute approximate surface area is 245 Å².